The van der Waals surface area contributed by atoms with Gasteiger partial charge in [0.2, 0.25) is 5.88 Å². The first-order valence-corrected chi connectivity index (χ1v) is 7.13. The maximum Gasteiger partial charge on any atom is 0.409 e. The normalized spacial score (nSPS) is 15.5. The van der Waals surface area contributed by atoms with Gasteiger partial charge in [0.15, 0.2) is 0 Å². The molecule has 1 aliphatic rings. The summed E-state index contributed by atoms with van der Waals surface area (Å²) >= 11 is 0. The Morgan fingerprint density at radius 3 is 2.86 bits per heavy atom. The number of ether oxygens (including phenoxy) is 2. The zero-order valence-corrected chi connectivity index (χ0v) is 12.7. The van der Waals surface area contributed by atoms with E-state index in [1.54, 1.807) is 18.3 Å². The van der Waals surface area contributed by atoms with Crippen LogP contribution in [0.4, 0.5) is 4.79 Å². The largest absolute Gasteiger partial charge is 0.481 e. The molecule has 2 rings (SSSR count). The van der Waals surface area contributed by atoms with Crippen molar-refractivity contribution in [2.24, 2.45) is 5.11 Å². The number of azide groups is 1. The third kappa shape index (κ3) is 3.23. The first-order valence-electron chi connectivity index (χ1n) is 7.13. The van der Waals surface area contributed by atoms with Gasteiger partial charge in [-0.15, -0.1) is 0 Å². The molecule has 118 valence electrons. The molecule has 22 heavy (non-hydrogen) atoms. The number of unbranched alkanes of at least 4 members (excludes halogenated alkanes) is 1. The minimum Gasteiger partial charge on any atom is -0.481 e. The van der Waals surface area contributed by atoms with Crippen molar-refractivity contribution in [1.29, 1.82) is 0 Å². The number of carbonyl (C=O) groups is 1. The van der Waals surface area contributed by atoms with E-state index in [-0.39, 0.29) is 19.2 Å². The third-order valence-corrected chi connectivity index (χ3v) is 3.61. The lowest BCUT2D eigenvalue weighted by Crippen LogP contribution is -2.60. The van der Waals surface area contributed by atoms with E-state index in [4.69, 9.17) is 15.0 Å². The summed E-state index contributed by atoms with van der Waals surface area (Å²) < 4.78 is 10.2. The molecule has 0 N–H and O–H groups in total. The van der Waals surface area contributed by atoms with Crippen LogP contribution in [0.5, 0.6) is 5.88 Å². The van der Waals surface area contributed by atoms with E-state index in [0.717, 1.165) is 18.4 Å². The molecule has 2 heterocycles. The van der Waals surface area contributed by atoms with Crippen molar-refractivity contribution in [3.63, 3.8) is 0 Å². The molecule has 8 heteroatoms. The number of hydrogen-bond acceptors (Lipinski definition) is 5. The molecule has 0 unspecified atom stereocenters. The Hall–Kier alpha value is -2.47. The van der Waals surface area contributed by atoms with Crippen molar-refractivity contribution in [3.8, 4) is 5.88 Å². The lowest BCUT2D eigenvalue weighted by Gasteiger charge is -2.46. The zero-order valence-electron chi connectivity index (χ0n) is 12.7. The van der Waals surface area contributed by atoms with Gasteiger partial charge in [-0.05, 0) is 17.5 Å². The molecular formula is C14H19N5O3. The van der Waals surface area contributed by atoms with Crippen LogP contribution >= 0.6 is 0 Å². The summed E-state index contributed by atoms with van der Waals surface area (Å²) in [4.78, 5) is 20.4. The summed E-state index contributed by atoms with van der Waals surface area (Å²) in [5.74, 6) is 0.481. The number of carbonyl (C=O) groups excluding carboxylic acids is 1. The zero-order chi connectivity index (χ0) is 16.0. The summed E-state index contributed by atoms with van der Waals surface area (Å²) in [6.07, 6.45) is 3.03. The molecular weight excluding hydrogens is 286 g/mol. The van der Waals surface area contributed by atoms with E-state index in [1.165, 1.54) is 12.0 Å². The molecule has 1 aromatic rings. The van der Waals surface area contributed by atoms with E-state index in [9.17, 15) is 4.79 Å². The number of amides is 1. The van der Waals surface area contributed by atoms with Gasteiger partial charge in [0.25, 0.3) is 0 Å². The highest BCUT2D eigenvalue weighted by Gasteiger charge is 2.47. The summed E-state index contributed by atoms with van der Waals surface area (Å²) in [6.45, 7) is 3.01. The molecule has 1 saturated heterocycles. The molecule has 1 fully saturated rings. The lowest BCUT2D eigenvalue weighted by atomic mass is 9.84. The molecule has 0 saturated carbocycles. The van der Waals surface area contributed by atoms with Crippen molar-refractivity contribution < 1.29 is 14.3 Å². The van der Waals surface area contributed by atoms with Gasteiger partial charge < -0.3 is 14.4 Å². The number of methoxy groups -OCH3 is 1. The Labute approximate surface area is 128 Å². The van der Waals surface area contributed by atoms with Crippen LogP contribution in [0.1, 0.15) is 25.3 Å². The molecule has 0 radical (unpaired) electrons. The predicted octanol–water partition coefficient (Wildman–Crippen LogP) is 2.85. The quantitative estimate of drug-likeness (QED) is 0.349. The Morgan fingerprint density at radius 2 is 2.32 bits per heavy atom. The van der Waals surface area contributed by atoms with Crippen LogP contribution in [0.3, 0.4) is 0 Å². The Bertz CT molecular complexity index is 562. The average molecular weight is 305 g/mol. The van der Waals surface area contributed by atoms with Gasteiger partial charge in [-0.2, -0.15) is 0 Å². The first kappa shape index (κ1) is 15.9. The molecule has 0 bridgehead atoms. The standard InChI is InChI=1S/C14H19N5O3/c1-3-4-7-22-13(20)19-9-14(10-19,17-18-15)11-5-6-12(21-2)16-8-11/h5-6,8H,3-4,7,9-10H2,1-2H3. The van der Waals surface area contributed by atoms with Crippen LogP contribution in [0.2, 0.25) is 0 Å². The number of rotatable bonds is 6. The second-order valence-electron chi connectivity index (χ2n) is 5.13. The fourth-order valence-corrected chi connectivity index (χ4v) is 2.27. The van der Waals surface area contributed by atoms with Crippen LogP contribution in [-0.4, -0.2) is 42.8 Å². The summed E-state index contributed by atoms with van der Waals surface area (Å²) in [6, 6.07) is 3.49. The Kier molecular flexibility index (Phi) is 5.06. The highest BCUT2D eigenvalue weighted by atomic mass is 16.6. The van der Waals surface area contributed by atoms with E-state index in [2.05, 4.69) is 15.0 Å². The fraction of sp³-hybridized carbons (Fsp3) is 0.571. The number of pyridine rings is 1. The van der Waals surface area contributed by atoms with E-state index < -0.39 is 5.54 Å². The van der Waals surface area contributed by atoms with Gasteiger partial charge in [-0.1, -0.05) is 24.5 Å². The molecule has 0 aromatic carbocycles. The maximum absolute atomic E-state index is 11.9. The number of likely N-dealkylation sites (tertiary alicyclic amines) is 1. The summed E-state index contributed by atoms with van der Waals surface area (Å²) in [5.41, 5.74) is 8.78. The van der Waals surface area contributed by atoms with E-state index in [0.29, 0.717) is 12.5 Å². The SMILES string of the molecule is CCCCOC(=O)N1CC(N=[N+]=[N-])(c2ccc(OC)nc2)C1. The summed E-state index contributed by atoms with van der Waals surface area (Å²) in [5, 5.41) is 3.87. The molecule has 1 aromatic heterocycles. The molecule has 1 amide bonds. The molecule has 0 spiro atoms. The van der Waals surface area contributed by atoms with E-state index >= 15 is 0 Å². The first-order chi connectivity index (χ1) is 10.6. The minimum atomic E-state index is -0.780. The topological polar surface area (TPSA) is 100 Å². The van der Waals surface area contributed by atoms with Gasteiger partial charge >= 0.3 is 6.09 Å². The smallest absolute Gasteiger partial charge is 0.409 e. The van der Waals surface area contributed by atoms with Crippen LogP contribution in [0, 0.1) is 0 Å². The second kappa shape index (κ2) is 7.00. The molecule has 0 atom stereocenters. The van der Waals surface area contributed by atoms with Gasteiger partial charge in [0.05, 0.1) is 13.7 Å². The fourth-order valence-electron chi connectivity index (χ4n) is 2.27. The van der Waals surface area contributed by atoms with Gasteiger partial charge in [0.1, 0.15) is 5.54 Å². The maximum atomic E-state index is 11.9. The van der Waals surface area contributed by atoms with Gasteiger partial charge in [-0.25, -0.2) is 9.78 Å². The van der Waals surface area contributed by atoms with Crippen molar-refractivity contribution in [2.75, 3.05) is 26.8 Å². The molecule has 1 aliphatic heterocycles. The van der Waals surface area contributed by atoms with Crippen LogP contribution in [-0.2, 0) is 10.3 Å². The lowest BCUT2D eigenvalue weighted by molar-refractivity contribution is 0.0386. The Balaban J connectivity index is 2.03. The van der Waals surface area contributed by atoms with Crippen molar-refractivity contribution in [2.45, 2.75) is 25.3 Å². The van der Waals surface area contributed by atoms with Crippen molar-refractivity contribution >= 4 is 6.09 Å². The highest BCUT2D eigenvalue weighted by Crippen LogP contribution is 2.36. The van der Waals surface area contributed by atoms with Crippen molar-refractivity contribution in [3.05, 3.63) is 34.3 Å². The number of nitrogens with zero attached hydrogens (tertiary/aromatic N) is 5. The third-order valence-electron chi connectivity index (χ3n) is 3.61. The van der Waals surface area contributed by atoms with E-state index in [1.807, 2.05) is 6.92 Å². The summed E-state index contributed by atoms with van der Waals surface area (Å²) in [7, 11) is 1.53. The van der Waals surface area contributed by atoms with Crippen LogP contribution in [0.25, 0.3) is 10.4 Å². The van der Waals surface area contributed by atoms with Gasteiger partial charge in [0, 0.05) is 30.3 Å². The number of aromatic nitrogens is 1. The second-order valence-corrected chi connectivity index (χ2v) is 5.13. The highest BCUT2D eigenvalue weighted by molar-refractivity contribution is 5.69. The minimum absolute atomic E-state index is 0.288. The van der Waals surface area contributed by atoms with Crippen LogP contribution < -0.4 is 4.74 Å². The monoisotopic (exact) mass is 305 g/mol. The van der Waals surface area contributed by atoms with Crippen LogP contribution in [0.15, 0.2) is 23.4 Å². The molecule has 0 aliphatic carbocycles. The number of hydrogen-bond donors (Lipinski definition) is 0. The predicted molar refractivity (Wildman–Crippen MR) is 79.4 cm³/mol. The van der Waals surface area contributed by atoms with Crippen molar-refractivity contribution in [1.82, 2.24) is 9.88 Å². The molecule has 8 nitrogen and oxygen atoms in total. The Morgan fingerprint density at radius 1 is 1.55 bits per heavy atom. The van der Waals surface area contributed by atoms with Gasteiger partial charge in [-0.3, -0.25) is 0 Å². The average Bonchev–Trinajstić information content (AvgIpc) is 2.50.